The zero-order valence-electron chi connectivity index (χ0n) is 35.2. The summed E-state index contributed by atoms with van der Waals surface area (Å²) in [7, 11) is 0. The minimum Gasteiger partial charge on any atom is -0.455 e. The average Bonchev–Trinajstić information content (AvgIpc) is 3.82. The van der Waals surface area contributed by atoms with Gasteiger partial charge in [-0.15, -0.1) is 0 Å². The van der Waals surface area contributed by atoms with E-state index in [1.165, 1.54) is 54.6 Å². The summed E-state index contributed by atoms with van der Waals surface area (Å²) in [5.74, 6) is 0. The van der Waals surface area contributed by atoms with E-state index in [1.807, 2.05) is 0 Å². The average molecular weight is 817 g/mol. The number of benzene rings is 10. The Hall–Kier alpha value is -8.27. The molecular formula is C61H40N2O. The fourth-order valence-electron chi connectivity index (χ4n) is 10.3. The summed E-state index contributed by atoms with van der Waals surface area (Å²) >= 11 is 0. The fourth-order valence-corrected chi connectivity index (χ4v) is 10.3. The van der Waals surface area contributed by atoms with E-state index in [0.717, 1.165) is 77.5 Å². The van der Waals surface area contributed by atoms with Gasteiger partial charge in [-0.3, -0.25) is 4.99 Å². The number of fused-ring (bicyclic) bond motifs is 10. The van der Waals surface area contributed by atoms with E-state index in [2.05, 4.69) is 224 Å². The van der Waals surface area contributed by atoms with Gasteiger partial charge in [-0.1, -0.05) is 164 Å². The van der Waals surface area contributed by atoms with Crippen LogP contribution in [0.25, 0.3) is 104 Å². The second-order valence-electron chi connectivity index (χ2n) is 17.1. The van der Waals surface area contributed by atoms with Gasteiger partial charge in [0.25, 0.3) is 0 Å². The monoisotopic (exact) mass is 816 g/mol. The number of nitrogens with zero attached hydrogens (tertiary/aromatic N) is 2. The Morgan fingerprint density at radius 3 is 1.72 bits per heavy atom. The van der Waals surface area contributed by atoms with Crippen LogP contribution in [0.15, 0.2) is 227 Å². The SMILES string of the molecule is CC1=C(c2ccccc2)N=C(c2cc(-n3c4cc5ccccc5cc4c4cc5ccccc5cc43)cc3oc4c5ccccc5ccc4c23)CC=C1c1cccc(-c2ccccc2)c1. The van der Waals surface area contributed by atoms with Gasteiger partial charge in [0.05, 0.1) is 28.1 Å². The molecule has 10 aromatic carbocycles. The zero-order chi connectivity index (χ0) is 42.3. The molecule has 1 aliphatic rings. The zero-order valence-corrected chi connectivity index (χ0v) is 35.2. The van der Waals surface area contributed by atoms with Crippen LogP contribution >= 0.6 is 0 Å². The van der Waals surface area contributed by atoms with Crippen molar-refractivity contribution in [1.82, 2.24) is 4.57 Å². The molecule has 0 spiro atoms. The lowest BCUT2D eigenvalue weighted by molar-refractivity contribution is 0.672. The minimum absolute atomic E-state index is 0.625. The molecule has 3 nitrogen and oxygen atoms in total. The van der Waals surface area contributed by atoms with E-state index in [9.17, 15) is 0 Å². The van der Waals surface area contributed by atoms with Crippen LogP contribution in [-0.2, 0) is 0 Å². The van der Waals surface area contributed by atoms with Gasteiger partial charge in [-0.05, 0) is 104 Å². The van der Waals surface area contributed by atoms with E-state index in [0.29, 0.717) is 6.42 Å². The van der Waals surface area contributed by atoms with Gasteiger partial charge in [0.1, 0.15) is 11.2 Å². The van der Waals surface area contributed by atoms with Crippen LogP contribution in [0.2, 0.25) is 0 Å². The number of hydrogen-bond acceptors (Lipinski definition) is 2. The first-order chi connectivity index (χ1) is 31.6. The number of furan rings is 1. The summed E-state index contributed by atoms with van der Waals surface area (Å²) in [6, 6.07) is 74.6. The number of allylic oxidation sites excluding steroid dienone is 3. The molecule has 3 heterocycles. The molecule has 0 aliphatic carbocycles. The molecule has 0 radical (unpaired) electrons. The maximum atomic E-state index is 7.11. The quantitative estimate of drug-likeness (QED) is 0.170. The largest absolute Gasteiger partial charge is 0.455 e. The molecule has 0 N–H and O–H groups in total. The van der Waals surface area contributed by atoms with Gasteiger partial charge >= 0.3 is 0 Å². The molecule has 12 aromatic rings. The van der Waals surface area contributed by atoms with Gasteiger partial charge in [0, 0.05) is 50.5 Å². The van der Waals surface area contributed by atoms with Crippen molar-refractivity contribution in [2.24, 2.45) is 4.99 Å². The topological polar surface area (TPSA) is 30.4 Å². The van der Waals surface area contributed by atoms with E-state index < -0.39 is 0 Å². The summed E-state index contributed by atoms with van der Waals surface area (Å²) in [6.07, 6.45) is 3.02. The summed E-state index contributed by atoms with van der Waals surface area (Å²) in [4.78, 5) is 5.77. The smallest absolute Gasteiger partial charge is 0.143 e. The highest BCUT2D eigenvalue weighted by Crippen LogP contribution is 2.43. The summed E-state index contributed by atoms with van der Waals surface area (Å²) in [5.41, 5.74) is 15.1. The van der Waals surface area contributed by atoms with Crippen molar-refractivity contribution in [1.29, 1.82) is 0 Å². The standard InChI is InChI=1S/C61H40N2O/c1-38-49(47-25-14-24-42(31-47)39-15-4-2-5-16-39)29-30-55(62-60(38)41-18-6-3-7-19-41)54-36-48(37-58-59(54)51-28-27-40-17-12-13-26-50(40)61(51)64-58)63-56-34-45-22-10-8-20-43(45)32-52(56)53-33-44-21-9-11-23-46(44)35-57(53)63/h2-29,31-37H,30H2,1H3. The Morgan fingerprint density at radius 1 is 0.453 bits per heavy atom. The first-order valence-electron chi connectivity index (χ1n) is 22.1. The molecule has 0 unspecified atom stereocenters. The molecule has 3 heteroatoms. The predicted molar refractivity (Wildman–Crippen MR) is 271 cm³/mol. The second kappa shape index (κ2) is 14.4. The van der Waals surface area contributed by atoms with E-state index >= 15 is 0 Å². The fraction of sp³-hybridized carbons (Fsp3) is 0.0328. The van der Waals surface area contributed by atoms with Crippen LogP contribution in [-0.4, -0.2) is 10.3 Å². The van der Waals surface area contributed by atoms with Crippen molar-refractivity contribution in [2.75, 3.05) is 0 Å². The van der Waals surface area contributed by atoms with E-state index in [4.69, 9.17) is 9.41 Å². The van der Waals surface area contributed by atoms with Crippen LogP contribution < -0.4 is 0 Å². The summed E-state index contributed by atoms with van der Waals surface area (Å²) in [5, 5.41) is 11.7. The summed E-state index contributed by atoms with van der Waals surface area (Å²) in [6.45, 7) is 2.23. The lowest BCUT2D eigenvalue weighted by Gasteiger charge is -2.14. The van der Waals surface area contributed by atoms with Crippen LogP contribution in [0.3, 0.4) is 0 Å². The van der Waals surface area contributed by atoms with Crippen LogP contribution in [0.4, 0.5) is 0 Å². The van der Waals surface area contributed by atoms with Crippen LogP contribution in [0, 0.1) is 0 Å². The minimum atomic E-state index is 0.625. The molecule has 300 valence electrons. The highest BCUT2D eigenvalue weighted by Gasteiger charge is 2.24. The summed E-state index contributed by atoms with van der Waals surface area (Å²) < 4.78 is 9.56. The first-order valence-corrected chi connectivity index (χ1v) is 22.1. The Labute approximate surface area is 370 Å². The van der Waals surface area contributed by atoms with Crippen LogP contribution in [0.1, 0.15) is 30.0 Å². The highest BCUT2D eigenvalue weighted by atomic mass is 16.3. The lowest BCUT2D eigenvalue weighted by atomic mass is 9.92. The van der Waals surface area contributed by atoms with Crippen molar-refractivity contribution in [3.63, 3.8) is 0 Å². The Morgan fingerprint density at radius 2 is 1.03 bits per heavy atom. The molecule has 0 fully saturated rings. The van der Waals surface area contributed by atoms with Crippen molar-refractivity contribution in [2.45, 2.75) is 13.3 Å². The molecule has 0 amide bonds. The molecule has 0 atom stereocenters. The van der Waals surface area contributed by atoms with Gasteiger partial charge in [0.2, 0.25) is 0 Å². The van der Waals surface area contributed by atoms with Gasteiger partial charge in [0.15, 0.2) is 0 Å². The van der Waals surface area contributed by atoms with Gasteiger partial charge < -0.3 is 8.98 Å². The van der Waals surface area contributed by atoms with Crippen LogP contribution in [0.5, 0.6) is 0 Å². The maximum absolute atomic E-state index is 7.11. The predicted octanol–water partition coefficient (Wildman–Crippen LogP) is 16.5. The third-order valence-corrected chi connectivity index (χ3v) is 13.4. The van der Waals surface area contributed by atoms with Crippen molar-refractivity contribution in [3.8, 4) is 16.8 Å². The normalized spacial score (nSPS) is 13.5. The van der Waals surface area contributed by atoms with Crippen molar-refractivity contribution < 1.29 is 4.42 Å². The highest BCUT2D eigenvalue weighted by molar-refractivity contribution is 6.25. The molecule has 2 aromatic heterocycles. The van der Waals surface area contributed by atoms with Gasteiger partial charge in [-0.2, -0.15) is 0 Å². The number of rotatable bonds is 5. The van der Waals surface area contributed by atoms with Crippen molar-refractivity contribution >= 4 is 93.0 Å². The van der Waals surface area contributed by atoms with Crippen molar-refractivity contribution in [3.05, 3.63) is 235 Å². The van der Waals surface area contributed by atoms with Gasteiger partial charge in [-0.25, -0.2) is 0 Å². The Balaban J connectivity index is 1.11. The molecule has 0 saturated carbocycles. The molecular weight excluding hydrogens is 777 g/mol. The lowest BCUT2D eigenvalue weighted by Crippen LogP contribution is -2.04. The number of aromatic nitrogens is 1. The number of hydrogen-bond donors (Lipinski definition) is 0. The Kier molecular flexibility index (Phi) is 8.19. The molecule has 0 saturated heterocycles. The van der Waals surface area contributed by atoms with E-state index in [-0.39, 0.29) is 0 Å². The molecule has 1 aliphatic heterocycles. The molecule has 64 heavy (non-hydrogen) atoms. The number of aliphatic imine (C=N–C) groups is 1. The molecule has 0 bridgehead atoms. The third-order valence-electron chi connectivity index (χ3n) is 13.4. The maximum Gasteiger partial charge on any atom is 0.143 e. The second-order valence-corrected chi connectivity index (χ2v) is 17.1. The molecule has 13 rings (SSSR count). The third kappa shape index (κ3) is 5.78. The Bertz CT molecular complexity index is 3880. The van der Waals surface area contributed by atoms with E-state index in [1.54, 1.807) is 0 Å². The first kappa shape index (κ1) is 36.4.